The SMILES string of the molecule is CCCCCCN1c2[nH]cnc2N(C)C1C. The van der Waals surface area contributed by atoms with Crippen molar-refractivity contribution in [3.8, 4) is 0 Å². The van der Waals surface area contributed by atoms with Crippen molar-refractivity contribution in [2.24, 2.45) is 0 Å². The fourth-order valence-electron chi connectivity index (χ4n) is 2.33. The van der Waals surface area contributed by atoms with Gasteiger partial charge in [0.05, 0.1) is 6.33 Å². The maximum atomic E-state index is 4.35. The highest BCUT2D eigenvalue weighted by atomic mass is 15.5. The summed E-state index contributed by atoms with van der Waals surface area (Å²) in [6, 6.07) is 0. The summed E-state index contributed by atoms with van der Waals surface area (Å²) in [6.45, 7) is 5.61. The van der Waals surface area contributed by atoms with Crippen molar-refractivity contribution in [1.29, 1.82) is 0 Å². The number of unbranched alkanes of at least 4 members (excludes halogenated alkanes) is 3. The van der Waals surface area contributed by atoms with Crippen LogP contribution in [-0.2, 0) is 0 Å². The molecule has 0 aromatic carbocycles. The minimum atomic E-state index is 0.427. The first-order valence-corrected chi connectivity index (χ1v) is 6.28. The zero-order valence-electron chi connectivity index (χ0n) is 10.5. The first-order valence-electron chi connectivity index (χ1n) is 6.28. The van der Waals surface area contributed by atoms with Crippen LogP contribution in [0.5, 0.6) is 0 Å². The van der Waals surface area contributed by atoms with Crippen LogP contribution < -0.4 is 9.80 Å². The number of aromatic nitrogens is 2. The Balaban J connectivity index is 1.95. The smallest absolute Gasteiger partial charge is 0.172 e. The molecule has 0 amide bonds. The fraction of sp³-hybridized carbons (Fsp3) is 0.750. The minimum absolute atomic E-state index is 0.427. The summed E-state index contributed by atoms with van der Waals surface area (Å²) in [4.78, 5) is 12.2. The van der Waals surface area contributed by atoms with E-state index in [2.05, 4.69) is 40.7 Å². The van der Waals surface area contributed by atoms with Crippen molar-refractivity contribution in [1.82, 2.24) is 9.97 Å². The number of anilines is 2. The molecular formula is C12H22N4. The van der Waals surface area contributed by atoms with Gasteiger partial charge in [0.25, 0.3) is 0 Å². The molecule has 1 unspecified atom stereocenters. The lowest BCUT2D eigenvalue weighted by Gasteiger charge is -2.27. The average molecular weight is 222 g/mol. The molecule has 0 fully saturated rings. The third-order valence-electron chi connectivity index (χ3n) is 3.49. The van der Waals surface area contributed by atoms with Gasteiger partial charge in [0, 0.05) is 13.6 Å². The Morgan fingerprint density at radius 1 is 1.38 bits per heavy atom. The van der Waals surface area contributed by atoms with Gasteiger partial charge in [-0.25, -0.2) is 4.98 Å². The molecular weight excluding hydrogens is 200 g/mol. The van der Waals surface area contributed by atoms with Gasteiger partial charge in [0.1, 0.15) is 6.17 Å². The van der Waals surface area contributed by atoms with E-state index in [0.29, 0.717) is 6.17 Å². The molecule has 90 valence electrons. The van der Waals surface area contributed by atoms with Crippen LogP contribution in [0.3, 0.4) is 0 Å². The number of hydrogen-bond donors (Lipinski definition) is 1. The van der Waals surface area contributed by atoms with Crippen LogP contribution in [0.4, 0.5) is 11.6 Å². The summed E-state index contributed by atoms with van der Waals surface area (Å²) in [7, 11) is 2.11. The van der Waals surface area contributed by atoms with Gasteiger partial charge in [-0.15, -0.1) is 0 Å². The Labute approximate surface area is 97.7 Å². The van der Waals surface area contributed by atoms with Gasteiger partial charge in [-0.2, -0.15) is 0 Å². The van der Waals surface area contributed by atoms with Crippen LogP contribution in [-0.4, -0.2) is 29.7 Å². The van der Waals surface area contributed by atoms with E-state index in [1.807, 2.05) is 0 Å². The van der Waals surface area contributed by atoms with Gasteiger partial charge in [-0.05, 0) is 13.3 Å². The van der Waals surface area contributed by atoms with Crippen molar-refractivity contribution in [3.05, 3.63) is 6.33 Å². The molecule has 16 heavy (non-hydrogen) atoms. The van der Waals surface area contributed by atoms with E-state index in [0.717, 1.165) is 12.4 Å². The molecule has 1 atom stereocenters. The first-order chi connectivity index (χ1) is 7.75. The maximum Gasteiger partial charge on any atom is 0.172 e. The number of imidazole rings is 1. The number of aromatic amines is 1. The summed E-state index contributed by atoms with van der Waals surface area (Å²) < 4.78 is 0. The topological polar surface area (TPSA) is 35.2 Å². The third kappa shape index (κ3) is 1.88. The Morgan fingerprint density at radius 3 is 2.94 bits per heavy atom. The van der Waals surface area contributed by atoms with Crippen LogP contribution >= 0.6 is 0 Å². The molecule has 1 aromatic heterocycles. The molecule has 2 heterocycles. The third-order valence-corrected chi connectivity index (χ3v) is 3.49. The van der Waals surface area contributed by atoms with Crippen molar-refractivity contribution < 1.29 is 0 Å². The van der Waals surface area contributed by atoms with E-state index in [1.165, 1.54) is 31.5 Å². The van der Waals surface area contributed by atoms with Crippen molar-refractivity contribution in [3.63, 3.8) is 0 Å². The standard InChI is InChI=1S/C12H22N4/c1-4-5-6-7-8-16-10(2)15(3)11-12(16)14-9-13-11/h9-10H,4-8H2,1-3H3,(H,13,14). The number of rotatable bonds is 5. The van der Waals surface area contributed by atoms with Gasteiger partial charge in [-0.1, -0.05) is 26.2 Å². The molecule has 0 aliphatic carbocycles. The molecule has 0 radical (unpaired) electrons. The van der Waals surface area contributed by atoms with Crippen LogP contribution in [0.25, 0.3) is 0 Å². The van der Waals surface area contributed by atoms with Gasteiger partial charge >= 0.3 is 0 Å². The second-order valence-corrected chi connectivity index (χ2v) is 4.57. The highest BCUT2D eigenvalue weighted by Crippen LogP contribution is 2.34. The van der Waals surface area contributed by atoms with Gasteiger partial charge in [-0.3, -0.25) is 0 Å². The molecule has 0 bridgehead atoms. The lowest BCUT2D eigenvalue weighted by molar-refractivity contribution is 0.595. The molecule has 4 heteroatoms. The average Bonchev–Trinajstić information content (AvgIpc) is 2.83. The second kappa shape index (κ2) is 4.76. The number of hydrogen-bond acceptors (Lipinski definition) is 3. The second-order valence-electron chi connectivity index (χ2n) is 4.57. The van der Waals surface area contributed by atoms with Crippen molar-refractivity contribution in [2.75, 3.05) is 23.4 Å². The molecule has 1 aliphatic heterocycles. The van der Waals surface area contributed by atoms with Gasteiger partial charge in [0.2, 0.25) is 0 Å². The van der Waals surface area contributed by atoms with Crippen LogP contribution in [0.15, 0.2) is 6.33 Å². The van der Waals surface area contributed by atoms with Gasteiger partial charge in [0.15, 0.2) is 11.6 Å². The highest BCUT2D eigenvalue weighted by molar-refractivity contribution is 5.69. The van der Waals surface area contributed by atoms with Gasteiger partial charge < -0.3 is 14.8 Å². The van der Waals surface area contributed by atoms with E-state index >= 15 is 0 Å². The number of nitrogens with one attached hydrogen (secondary N) is 1. The lowest BCUT2D eigenvalue weighted by atomic mass is 10.2. The summed E-state index contributed by atoms with van der Waals surface area (Å²) in [5.74, 6) is 2.27. The maximum absolute atomic E-state index is 4.35. The van der Waals surface area contributed by atoms with E-state index in [1.54, 1.807) is 6.33 Å². The minimum Gasteiger partial charge on any atom is -0.336 e. The molecule has 1 aliphatic rings. The van der Waals surface area contributed by atoms with E-state index in [4.69, 9.17) is 0 Å². The molecule has 0 saturated heterocycles. The van der Waals surface area contributed by atoms with Crippen molar-refractivity contribution >= 4 is 11.6 Å². The Morgan fingerprint density at radius 2 is 2.19 bits per heavy atom. The Hall–Kier alpha value is -1.19. The number of fused-ring (bicyclic) bond motifs is 1. The summed E-state index contributed by atoms with van der Waals surface area (Å²) in [6.07, 6.45) is 7.44. The van der Waals surface area contributed by atoms with E-state index in [-0.39, 0.29) is 0 Å². The molecule has 0 spiro atoms. The first kappa shape index (κ1) is 11.3. The van der Waals surface area contributed by atoms with E-state index in [9.17, 15) is 0 Å². The zero-order valence-corrected chi connectivity index (χ0v) is 10.5. The fourth-order valence-corrected chi connectivity index (χ4v) is 2.33. The molecule has 1 N–H and O–H groups in total. The Bertz CT molecular complexity index is 334. The lowest BCUT2D eigenvalue weighted by Crippen LogP contribution is -2.39. The molecule has 4 nitrogen and oxygen atoms in total. The monoisotopic (exact) mass is 222 g/mol. The predicted octanol–water partition coefficient (Wildman–Crippen LogP) is 2.59. The normalized spacial score (nSPS) is 19.3. The molecule has 1 aromatic rings. The van der Waals surface area contributed by atoms with Crippen LogP contribution in [0.1, 0.15) is 39.5 Å². The van der Waals surface area contributed by atoms with Crippen LogP contribution in [0, 0.1) is 0 Å². The largest absolute Gasteiger partial charge is 0.336 e. The molecule has 2 rings (SSSR count). The summed E-state index contributed by atoms with van der Waals surface area (Å²) >= 11 is 0. The van der Waals surface area contributed by atoms with Crippen LogP contribution in [0.2, 0.25) is 0 Å². The predicted molar refractivity (Wildman–Crippen MR) is 67.9 cm³/mol. The number of nitrogens with zero attached hydrogens (tertiary/aromatic N) is 3. The number of H-pyrrole nitrogens is 1. The van der Waals surface area contributed by atoms with E-state index < -0.39 is 0 Å². The zero-order chi connectivity index (χ0) is 11.5. The highest BCUT2D eigenvalue weighted by Gasteiger charge is 2.31. The Kier molecular flexibility index (Phi) is 3.36. The quantitative estimate of drug-likeness (QED) is 0.778. The summed E-state index contributed by atoms with van der Waals surface area (Å²) in [5.41, 5.74) is 0. The van der Waals surface area contributed by atoms with Crippen molar-refractivity contribution in [2.45, 2.75) is 45.7 Å². The summed E-state index contributed by atoms with van der Waals surface area (Å²) in [5, 5.41) is 0. The molecule has 0 saturated carbocycles.